The Bertz CT molecular complexity index is 1060. The molecule has 0 radical (unpaired) electrons. The van der Waals surface area contributed by atoms with Crippen LogP contribution in [-0.2, 0) is 16.1 Å². The lowest BCUT2D eigenvalue weighted by molar-refractivity contribution is -0.193. The molecule has 0 aliphatic carbocycles. The van der Waals surface area contributed by atoms with Crippen LogP contribution in [0.25, 0.3) is 0 Å². The zero-order chi connectivity index (χ0) is 28.0. The van der Waals surface area contributed by atoms with Gasteiger partial charge in [-0.05, 0) is 32.0 Å². The van der Waals surface area contributed by atoms with E-state index in [0.29, 0.717) is 11.0 Å². The van der Waals surface area contributed by atoms with Crippen molar-refractivity contribution in [2.24, 2.45) is 5.41 Å². The normalized spacial score (nSPS) is 16.7. The summed E-state index contributed by atoms with van der Waals surface area (Å²) in [6.07, 6.45) is -5.64. The maximum atomic E-state index is 12.4. The summed E-state index contributed by atoms with van der Waals surface area (Å²) in [5.41, 5.74) is 2.16. The average molecular weight is 556 g/mol. The highest BCUT2D eigenvalue weighted by Gasteiger charge is 2.49. The highest BCUT2D eigenvalue weighted by molar-refractivity contribution is 7.09. The number of carbonyl (C=O) groups excluding carboxylic acids is 1. The van der Waals surface area contributed by atoms with E-state index in [9.17, 15) is 31.1 Å². The highest BCUT2D eigenvalue weighted by Crippen LogP contribution is 2.40. The number of rotatable bonds is 3. The maximum Gasteiger partial charge on any atom is 0.490 e. The summed E-state index contributed by atoms with van der Waals surface area (Å²) >= 11 is 1.71. The molecule has 4 heterocycles. The van der Waals surface area contributed by atoms with Crippen LogP contribution in [0.15, 0.2) is 29.9 Å². The smallest absolute Gasteiger partial charge is 0.475 e. The fraction of sp³-hybridized carbons (Fsp3) is 0.476. The summed E-state index contributed by atoms with van der Waals surface area (Å²) in [6, 6.07) is 3.65. The fourth-order valence-corrected chi connectivity index (χ4v) is 4.31. The first-order valence-electron chi connectivity index (χ1n) is 10.5. The van der Waals surface area contributed by atoms with E-state index in [1.54, 1.807) is 23.7 Å². The van der Waals surface area contributed by atoms with Crippen molar-refractivity contribution in [1.29, 1.82) is 0 Å². The Morgan fingerprint density at radius 3 is 2.05 bits per heavy atom. The number of carboxylic acids is 2. The van der Waals surface area contributed by atoms with Crippen molar-refractivity contribution in [2.75, 3.05) is 26.2 Å². The van der Waals surface area contributed by atoms with Gasteiger partial charge in [0, 0.05) is 49.4 Å². The number of carbonyl (C=O) groups is 3. The molecule has 2 aromatic heterocycles. The van der Waals surface area contributed by atoms with Crippen LogP contribution in [-0.4, -0.2) is 86.4 Å². The molecule has 16 heteroatoms. The SMILES string of the molecule is Cc1nc(CN2CCC3(C2)CN(C(=O)c2cccnc2)C3)cs1.O=C(O)C(F)(F)F.O=C(O)C(F)(F)F. The monoisotopic (exact) mass is 556 g/mol. The number of hydrogen-bond donors (Lipinski definition) is 2. The number of amides is 1. The zero-order valence-electron chi connectivity index (χ0n) is 19.2. The number of carboxylic acid groups (broad SMARTS) is 2. The van der Waals surface area contributed by atoms with Crippen molar-refractivity contribution < 1.29 is 50.9 Å². The summed E-state index contributed by atoms with van der Waals surface area (Å²) in [7, 11) is 0. The van der Waals surface area contributed by atoms with E-state index in [-0.39, 0.29) is 5.91 Å². The number of alkyl halides is 6. The molecule has 1 amide bonds. The minimum atomic E-state index is -5.08. The first-order chi connectivity index (χ1) is 17.0. The van der Waals surface area contributed by atoms with Crippen LogP contribution in [0.2, 0.25) is 0 Å². The van der Waals surface area contributed by atoms with Crippen molar-refractivity contribution in [2.45, 2.75) is 32.2 Å². The van der Waals surface area contributed by atoms with E-state index >= 15 is 0 Å². The summed E-state index contributed by atoms with van der Waals surface area (Å²) in [4.78, 5) is 43.2. The van der Waals surface area contributed by atoms with Crippen molar-refractivity contribution in [3.8, 4) is 0 Å². The van der Waals surface area contributed by atoms with Crippen molar-refractivity contribution in [3.63, 3.8) is 0 Å². The molecule has 2 saturated heterocycles. The zero-order valence-corrected chi connectivity index (χ0v) is 20.0. The third-order valence-corrected chi connectivity index (χ3v) is 6.13. The van der Waals surface area contributed by atoms with Crippen molar-refractivity contribution >= 4 is 29.2 Å². The number of nitrogens with zero attached hydrogens (tertiary/aromatic N) is 4. The molecule has 204 valence electrons. The Morgan fingerprint density at radius 2 is 1.62 bits per heavy atom. The summed E-state index contributed by atoms with van der Waals surface area (Å²) in [6.45, 7) is 6.89. The van der Waals surface area contributed by atoms with Gasteiger partial charge >= 0.3 is 24.3 Å². The molecule has 0 atom stereocenters. The number of halogens is 6. The molecule has 4 rings (SSSR count). The second-order valence-electron chi connectivity index (χ2n) is 8.33. The van der Waals surface area contributed by atoms with Crippen LogP contribution in [0, 0.1) is 12.3 Å². The molecule has 0 bridgehead atoms. The fourth-order valence-electron chi connectivity index (χ4n) is 3.71. The number of aryl methyl sites for hydroxylation is 1. The topological polar surface area (TPSA) is 124 Å². The molecule has 0 aromatic carbocycles. The van der Waals surface area contributed by atoms with Crippen molar-refractivity contribution in [3.05, 3.63) is 46.2 Å². The van der Waals surface area contributed by atoms with Gasteiger partial charge in [0.2, 0.25) is 0 Å². The van der Waals surface area contributed by atoms with E-state index in [0.717, 1.165) is 37.7 Å². The Labute approximate surface area is 210 Å². The second-order valence-corrected chi connectivity index (χ2v) is 9.39. The number of hydrogen-bond acceptors (Lipinski definition) is 7. The molecular formula is C21H22F6N4O5S. The van der Waals surface area contributed by atoms with Crippen LogP contribution in [0.5, 0.6) is 0 Å². The lowest BCUT2D eigenvalue weighted by atomic mass is 9.79. The Balaban J connectivity index is 0.000000286. The number of likely N-dealkylation sites (tertiary alicyclic amines) is 2. The first-order valence-corrected chi connectivity index (χ1v) is 11.3. The number of thiazole rings is 1. The van der Waals surface area contributed by atoms with Gasteiger partial charge in [-0.15, -0.1) is 11.3 Å². The largest absolute Gasteiger partial charge is 0.490 e. The molecule has 2 aromatic rings. The van der Waals surface area contributed by atoms with E-state index in [1.807, 2.05) is 24.0 Å². The van der Waals surface area contributed by atoms with Crippen LogP contribution in [0.1, 0.15) is 27.5 Å². The Hall–Kier alpha value is -3.27. The number of aromatic nitrogens is 2. The van der Waals surface area contributed by atoms with Gasteiger partial charge in [0.05, 0.1) is 16.3 Å². The van der Waals surface area contributed by atoms with Crippen LogP contribution < -0.4 is 0 Å². The molecule has 37 heavy (non-hydrogen) atoms. The van der Waals surface area contributed by atoms with Gasteiger partial charge in [0.25, 0.3) is 5.91 Å². The Kier molecular flexibility index (Phi) is 9.60. The molecule has 1 spiro atoms. The lowest BCUT2D eigenvalue weighted by Crippen LogP contribution is -2.59. The van der Waals surface area contributed by atoms with E-state index in [1.165, 1.54) is 12.1 Å². The maximum absolute atomic E-state index is 12.4. The molecule has 2 aliphatic heterocycles. The number of pyridine rings is 1. The van der Waals surface area contributed by atoms with Gasteiger partial charge in [-0.3, -0.25) is 14.7 Å². The van der Waals surface area contributed by atoms with E-state index in [2.05, 4.69) is 20.2 Å². The third-order valence-electron chi connectivity index (χ3n) is 5.30. The summed E-state index contributed by atoms with van der Waals surface area (Å²) < 4.78 is 63.5. The minimum absolute atomic E-state index is 0.109. The molecule has 9 nitrogen and oxygen atoms in total. The van der Waals surface area contributed by atoms with E-state index in [4.69, 9.17) is 19.8 Å². The minimum Gasteiger partial charge on any atom is -0.475 e. The van der Waals surface area contributed by atoms with Gasteiger partial charge in [-0.2, -0.15) is 26.3 Å². The van der Waals surface area contributed by atoms with Gasteiger partial charge in [0.15, 0.2) is 0 Å². The van der Waals surface area contributed by atoms with Gasteiger partial charge in [-0.1, -0.05) is 0 Å². The Morgan fingerprint density at radius 1 is 1.05 bits per heavy atom. The first kappa shape index (κ1) is 30.0. The van der Waals surface area contributed by atoms with Crippen LogP contribution >= 0.6 is 11.3 Å². The quantitative estimate of drug-likeness (QED) is 0.551. The predicted octanol–water partition coefficient (Wildman–Crippen LogP) is 3.46. The van der Waals surface area contributed by atoms with E-state index < -0.39 is 24.3 Å². The third kappa shape index (κ3) is 8.96. The molecule has 0 unspecified atom stereocenters. The molecular weight excluding hydrogens is 534 g/mol. The summed E-state index contributed by atoms with van der Waals surface area (Å²) in [5.74, 6) is -5.41. The standard InChI is InChI=1S/C17H20N4OS.2C2HF3O2/c1-13-19-15(9-23-13)8-20-6-4-17(10-20)11-21(12-17)16(22)14-3-2-5-18-7-14;2*3-2(4,5)1(6)7/h2-3,5,7,9H,4,6,8,10-12H2,1H3;2*(H,6,7). The van der Waals surface area contributed by atoms with Gasteiger partial charge in [0.1, 0.15) is 0 Å². The average Bonchev–Trinajstić information content (AvgIpc) is 3.39. The number of aliphatic carboxylic acids is 2. The predicted molar refractivity (Wildman–Crippen MR) is 117 cm³/mol. The highest BCUT2D eigenvalue weighted by atomic mass is 32.1. The molecule has 2 aliphatic rings. The second kappa shape index (κ2) is 11.9. The lowest BCUT2D eigenvalue weighted by Gasteiger charge is -2.48. The summed E-state index contributed by atoms with van der Waals surface area (Å²) in [5, 5.41) is 17.5. The van der Waals surface area contributed by atoms with Crippen LogP contribution in [0.3, 0.4) is 0 Å². The molecule has 2 N–H and O–H groups in total. The van der Waals surface area contributed by atoms with Crippen molar-refractivity contribution in [1.82, 2.24) is 19.8 Å². The molecule has 2 fully saturated rings. The van der Waals surface area contributed by atoms with Crippen LogP contribution in [0.4, 0.5) is 26.3 Å². The van der Waals surface area contributed by atoms with Gasteiger partial charge < -0.3 is 15.1 Å². The molecule has 0 saturated carbocycles. The van der Waals surface area contributed by atoms with Gasteiger partial charge in [-0.25, -0.2) is 14.6 Å².